The molecule has 1 aromatic heterocycles. The van der Waals surface area contributed by atoms with Crippen LogP contribution in [0, 0.1) is 6.92 Å². The molecule has 8 nitrogen and oxygen atoms in total. The van der Waals surface area contributed by atoms with Crippen LogP contribution in [0.3, 0.4) is 0 Å². The Labute approximate surface area is 177 Å². The van der Waals surface area contributed by atoms with E-state index in [1.54, 1.807) is 25.3 Å². The van der Waals surface area contributed by atoms with Gasteiger partial charge in [-0.3, -0.25) is 5.73 Å². The van der Waals surface area contributed by atoms with Crippen LogP contribution in [0.4, 0.5) is 13.2 Å². The second-order valence-electron chi connectivity index (χ2n) is 7.50. The average Bonchev–Trinajstić information content (AvgIpc) is 3.49. The topological polar surface area (TPSA) is 114 Å². The number of alkyl halides is 3. The predicted molar refractivity (Wildman–Crippen MR) is 108 cm³/mol. The van der Waals surface area contributed by atoms with Crippen LogP contribution in [0.25, 0.3) is 5.69 Å². The van der Waals surface area contributed by atoms with Crippen molar-refractivity contribution in [2.75, 3.05) is 7.05 Å². The molecule has 166 valence electrons. The first-order valence-corrected chi connectivity index (χ1v) is 11.0. The third-order valence-corrected chi connectivity index (χ3v) is 7.52. The lowest BCUT2D eigenvalue weighted by molar-refractivity contribution is -0.0875. The molecule has 4 N–H and O–H groups in total. The van der Waals surface area contributed by atoms with E-state index >= 15 is 0 Å². The van der Waals surface area contributed by atoms with Crippen LogP contribution in [-0.2, 0) is 15.6 Å². The van der Waals surface area contributed by atoms with Gasteiger partial charge in [-0.2, -0.15) is 18.3 Å². The lowest BCUT2D eigenvalue weighted by Gasteiger charge is -2.33. The Balaban J connectivity index is 1.64. The zero-order valence-electron chi connectivity index (χ0n) is 16.7. The highest BCUT2D eigenvalue weighted by atomic mass is 32.2. The van der Waals surface area contributed by atoms with Gasteiger partial charge in [-0.1, -0.05) is 0 Å². The molecule has 1 atom stereocenters. The molecule has 1 saturated carbocycles. The molecule has 1 unspecified atom stereocenters. The molecule has 2 aromatic rings. The first-order chi connectivity index (χ1) is 14.5. The number of sulfone groups is 1. The molecular formula is C19H21F3N6O2S. The van der Waals surface area contributed by atoms with E-state index in [9.17, 15) is 21.6 Å². The number of allylic oxidation sites excluding steroid dienone is 1. The molecule has 0 amide bonds. The fourth-order valence-electron chi connectivity index (χ4n) is 3.40. The van der Waals surface area contributed by atoms with Crippen molar-refractivity contribution in [2.45, 2.75) is 41.9 Å². The van der Waals surface area contributed by atoms with Crippen molar-refractivity contribution in [3.05, 3.63) is 53.1 Å². The summed E-state index contributed by atoms with van der Waals surface area (Å²) in [6.45, 7) is 1.66. The van der Waals surface area contributed by atoms with Crippen molar-refractivity contribution < 1.29 is 21.6 Å². The van der Waals surface area contributed by atoms with Gasteiger partial charge in [-0.05, 0) is 44.0 Å². The highest BCUT2D eigenvalue weighted by molar-refractivity contribution is 7.92. The van der Waals surface area contributed by atoms with Crippen LogP contribution in [0.15, 0.2) is 51.7 Å². The largest absolute Gasteiger partial charge is 0.421 e. The normalized spacial score (nSPS) is 21.9. The van der Waals surface area contributed by atoms with Crippen LogP contribution >= 0.6 is 0 Å². The van der Waals surface area contributed by atoms with Crippen LogP contribution in [0.5, 0.6) is 0 Å². The first-order valence-electron chi connectivity index (χ1n) is 9.48. The Morgan fingerprint density at radius 2 is 1.90 bits per heavy atom. The number of nitrogens with zero attached hydrogens (tertiary/aromatic N) is 3. The maximum Gasteiger partial charge on any atom is 0.421 e. The van der Waals surface area contributed by atoms with E-state index < -0.39 is 27.4 Å². The van der Waals surface area contributed by atoms with Gasteiger partial charge in [-0.25, -0.2) is 18.1 Å². The van der Waals surface area contributed by atoms with Crippen LogP contribution in [0.1, 0.15) is 24.1 Å². The van der Waals surface area contributed by atoms with Gasteiger partial charge in [0.2, 0.25) is 5.79 Å². The average molecular weight is 454 g/mol. The number of nitrogens with one attached hydrogen (secondary N) is 2. The van der Waals surface area contributed by atoms with Crippen molar-refractivity contribution in [1.82, 2.24) is 20.4 Å². The van der Waals surface area contributed by atoms with Crippen molar-refractivity contribution in [3.8, 4) is 5.69 Å². The van der Waals surface area contributed by atoms with Crippen LogP contribution in [-0.4, -0.2) is 42.9 Å². The molecule has 2 heterocycles. The smallest absolute Gasteiger partial charge is 0.374 e. The molecule has 1 fully saturated rings. The molecule has 2 aliphatic rings. The molecule has 12 heteroatoms. The summed E-state index contributed by atoms with van der Waals surface area (Å²) in [6.07, 6.45) is -1.00. The van der Waals surface area contributed by atoms with E-state index in [4.69, 9.17) is 5.73 Å². The SMILES string of the molecule is CNC1=C(C(F)(F)F)C=NC(N)(c2cn(-c3ccc(S(=O)(=O)C4CC4)cc3)nc2C)N1. The number of benzene rings is 1. The predicted octanol–water partition coefficient (Wildman–Crippen LogP) is 1.85. The second kappa shape index (κ2) is 7.09. The van der Waals surface area contributed by atoms with E-state index in [-0.39, 0.29) is 16.0 Å². The zero-order chi connectivity index (χ0) is 22.6. The Bertz CT molecular complexity index is 1180. The minimum atomic E-state index is -4.60. The molecule has 0 radical (unpaired) electrons. The van der Waals surface area contributed by atoms with E-state index in [2.05, 4.69) is 20.7 Å². The van der Waals surface area contributed by atoms with Crippen LogP contribution in [0.2, 0.25) is 0 Å². The Kier molecular flexibility index (Phi) is 4.89. The van der Waals surface area contributed by atoms with E-state index in [0.29, 0.717) is 36.0 Å². The summed E-state index contributed by atoms with van der Waals surface area (Å²) in [5.74, 6) is -1.96. The minimum Gasteiger partial charge on any atom is -0.374 e. The molecule has 31 heavy (non-hydrogen) atoms. The molecule has 1 aliphatic heterocycles. The van der Waals surface area contributed by atoms with E-state index in [0.717, 1.165) is 0 Å². The standard InChI is InChI=1S/C19H21F3N6O2S/c1-11-16(19(23)25-9-15(18(20,21)22)17(24-2)26-19)10-28(27-11)12-3-5-13(6-4-12)31(29,30)14-7-8-14/h3-6,9-10,14,24,26H,7-8,23H2,1-2H3. The summed E-state index contributed by atoms with van der Waals surface area (Å²) in [5, 5.41) is 9.14. The van der Waals surface area contributed by atoms with Crippen molar-refractivity contribution in [3.63, 3.8) is 0 Å². The number of aromatic nitrogens is 2. The van der Waals surface area contributed by atoms with Gasteiger partial charge in [0.15, 0.2) is 9.84 Å². The van der Waals surface area contributed by atoms with Gasteiger partial charge in [0, 0.05) is 19.5 Å². The maximum absolute atomic E-state index is 13.2. The van der Waals surface area contributed by atoms with Gasteiger partial charge >= 0.3 is 6.18 Å². The highest BCUT2D eigenvalue weighted by Crippen LogP contribution is 2.34. The van der Waals surface area contributed by atoms with E-state index in [1.807, 2.05) is 0 Å². The minimum absolute atomic E-state index is 0.250. The van der Waals surface area contributed by atoms with Crippen LogP contribution < -0.4 is 16.4 Å². The quantitative estimate of drug-likeness (QED) is 0.635. The molecule has 0 spiro atoms. The van der Waals surface area contributed by atoms with Gasteiger partial charge < -0.3 is 10.6 Å². The number of rotatable bonds is 5. The summed E-state index contributed by atoms with van der Waals surface area (Å²) >= 11 is 0. The lowest BCUT2D eigenvalue weighted by atomic mass is 10.1. The molecule has 4 rings (SSSR count). The Morgan fingerprint density at radius 3 is 2.45 bits per heavy atom. The van der Waals surface area contributed by atoms with Gasteiger partial charge in [0.25, 0.3) is 0 Å². The number of aliphatic imine (C=N–C) groups is 1. The lowest BCUT2D eigenvalue weighted by Crippen LogP contribution is -2.54. The van der Waals surface area contributed by atoms with Crippen molar-refractivity contribution in [1.29, 1.82) is 0 Å². The highest BCUT2D eigenvalue weighted by Gasteiger charge is 2.42. The van der Waals surface area contributed by atoms with Gasteiger partial charge in [-0.15, -0.1) is 0 Å². The summed E-state index contributed by atoms with van der Waals surface area (Å²) in [5.41, 5.74) is 6.71. The molecular weight excluding hydrogens is 433 g/mol. The third-order valence-electron chi connectivity index (χ3n) is 5.24. The third kappa shape index (κ3) is 3.81. The van der Waals surface area contributed by atoms with Gasteiger partial charge in [0.05, 0.1) is 27.1 Å². The molecule has 1 aliphatic carbocycles. The summed E-state index contributed by atoms with van der Waals surface area (Å²) in [6, 6.07) is 6.28. The Morgan fingerprint density at radius 1 is 1.26 bits per heavy atom. The number of hydrogen-bond donors (Lipinski definition) is 3. The monoisotopic (exact) mass is 454 g/mol. The second-order valence-corrected chi connectivity index (χ2v) is 9.73. The summed E-state index contributed by atoms with van der Waals surface area (Å²) < 4.78 is 65.7. The number of aryl methyl sites for hydroxylation is 1. The fraction of sp³-hybridized carbons (Fsp3) is 0.368. The Hall–Kier alpha value is -2.86. The summed E-state index contributed by atoms with van der Waals surface area (Å²) in [7, 11) is -1.96. The van der Waals surface area contributed by atoms with E-state index in [1.165, 1.54) is 23.9 Å². The fourth-order valence-corrected chi connectivity index (χ4v) is 5.05. The number of hydrogen-bond acceptors (Lipinski definition) is 7. The summed E-state index contributed by atoms with van der Waals surface area (Å²) in [4.78, 5) is 4.16. The first kappa shape index (κ1) is 21.4. The maximum atomic E-state index is 13.2. The zero-order valence-corrected chi connectivity index (χ0v) is 17.5. The van der Waals surface area contributed by atoms with Crippen molar-refractivity contribution in [2.24, 2.45) is 10.7 Å². The number of halogens is 3. The molecule has 1 aromatic carbocycles. The molecule has 0 bridgehead atoms. The van der Waals surface area contributed by atoms with Gasteiger partial charge in [0.1, 0.15) is 11.4 Å². The number of nitrogens with two attached hydrogens (primary N) is 1. The van der Waals surface area contributed by atoms with Crippen molar-refractivity contribution >= 4 is 16.1 Å². The molecule has 0 saturated heterocycles.